The normalized spacial score (nSPS) is 13.0. The smallest absolute Gasteiger partial charge is 0.319 e. The van der Waals surface area contributed by atoms with Gasteiger partial charge in [-0.15, -0.1) is 0 Å². The van der Waals surface area contributed by atoms with Crippen molar-refractivity contribution in [3.05, 3.63) is 59.9 Å². The minimum atomic E-state index is -0.927. The van der Waals surface area contributed by atoms with Crippen LogP contribution in [0.3, 0.4) is 0 Å². The van der Waals surface area contributed by atoms with Crippen molar-refractivity contribution in [1.29, 1.82) is 0 Å². The van der Waals surface area contributed by atoms with Crippen molar-refractivity contribution in [2.24, 2.45) is 0 Å². The summed E-state index contributed by atoms with van der Waals surface area (Å²) in [6.07, 6.45) is -0.927. The molecule has 0 saturated carbocycles. The summed E-state index contributed by atoms with van der Waals surface area (Å²) in [7, 11) is 1.97. The Bertz CT molecular complexity index is 706. The average molecular weight is 345 g/mol. The Morgan fingerprint density at radius 2 is 1.92 bits per heavy atom. The molecule has 0 aliphatic rings. The third kappa shape index (κ3) is 5.19. The fourth-order valence-corrected chi connectivity index (χ4v) is 2.41. The van der Waals surface area contributed by atoms with Crippen molar-refractivity contribution in [3.8, 4) is 0 Å². The van der Waals surface area contributed by atoms with E-state index in [4.69, 9.17) is 0 Å². The Morgan fingerprint density at radius 1 is 1.24 bits per heavy atom. The van der Waals surface area contributed by atoms with Crippen LogP contribution in [0.2, 0.25) is 0 Å². The molecule has 5 nitrogen and oxygen atoms in total. The lowest BCUT2D eigenvalue weighted by molar-refractivity contribution is 0.139. The van der Waals surface area contributed by atoms with Crippen LogP contribution in [0.25, 0.3) is 0 Å². The molecule has 0 radical (unpaired) electrons. The molecule has 2 amide bonds. The average Bonchev–Trinajstić information content (AvgIpc) is 2.61. The number of benzene rings is 2. The lowest BCUT2D eigenvalue weighted by atomic mass is 10.0. The van der Waals surface area contributed by atoms with Crippen LogP contribution in [-0.2, 0) is 0 Å². The summed E-state index contributed by atoms with van der Waals surface area (Å²) in [5.74, 6) is -0.369. The van der Waals surface area contributed by atoms with Gasteiger partial charge in [-0.3, -0.25) is 0 Å². The number of carbonyl (C=O) groups excluding carboxylic acids is 1. The second-order valence-corrected chi connectivity index (χ2v) is 5.95. The zero-order valence-corrected chi connectivity index (χ0v) is 14.7. The first-order valence-electron chi connectivity index (χ1n) is 8.23. The van der Waals surface area contributed by atoms with Crippen LogP contribution in [0.15, 0.2) is 48.5 Å². The molecule has 0 aliphatic carbocycles. The molecule has 2 rings (SSSR count). The summed E-state index contributed by atoms with van der Waals surface area (Å²) in [6, 6.07) is 12.1. The number of aliphatic hydroxyl groups is 1. The van der Waals surface area contributed by atoms with Crippen LogP contribution in [0.1, 0.15) is 25.5 Å². The predicted octanol–water partition coefficient (Wildman–Crippen LogP) is 3.53. The summed E-state index contributed by atoms with van der Waals surface area (Å²) in [5, 5.41) is 15.7. The highest BCUT2D eigenvalue weighted by Crippen LogP contribution is 2.19. The van der Waals surface area contributed by atoms with Gasteiger partial charge in [0.15, 0.2) is 0 Å². The van der Waals surface area contributed by atoms with E-state index >= 15 is 0 Å². The molecular formula is C19H24FN3O2. The third-order valence-corrected chi connectivity index (χ3v) is 4.06. The monoisotopic (exact) mass is 345 g/mol. The quantitative estimate of drug-likeness (QED) is 0.750. The fourth-order valence-electron chi connectivity index (χ4n) is 2.41. The molecule has 0 fully saturated rings. The van der Waals surface area contributed by atoms with Gasteiger partial charge in [0.25, 0.3) is 0 Å². The first kappa shape index (κ1) is 18.7. The van der Waals surface area contributed by atoms with Crippen molar-refractivity contribution in [3.63, 3.8) is 0 Å². The van der Waals surface area contributed by atoms with Crippen molar-refractivity contribution in [2.75, 3.05) is 23.8 Å². The molecule has 2 unspecified atom stereocenters. The molecular weight excluding hydrogens is 321 g/mol. The Balaban J connectivity index is 1.96. The maximum absolute atomic E-state index is 13.0. The Hall–Kier alpha value is -2.60. The molecule has 0 heterocycles. The second kappa shape index (κ2) is 8.48. The van der Waals surface area contributed by atoms with Crippen LogP contribution >= 0.6 is 0 Å². The number of hydrogen-bond acceptors (Lipinski definition) is 3. The van der Waals surface area contributed by atoms with Crippen molar-refractivity contribution in [2.45, 2.75) is 26.0 Å². The predicted molar refractivity (Wildman–Crippen MR) is 98.4 cm³/mol. The van der Waals surface area contributed by atoms with Crippen LogP contribution in [0, 0.1) is 5.82 Å². The number of anilines is 2. The number of nitrogens with zero attached hydrogens (tertiary/aromatic N) is 1. The molecule has 3 N–H and O–H groups in total. The lowest BCUT2D eigenvalue weighted by Crippen LogP contribution is -2.39. The van der Waals surface area contributed by atoms with E-state index in [1.165, 1.54) is 24.3 Å². The largest absolute Gasteiger partial charge is 0.386 e. The minimum absolute atomic E-state index is 0.369. The van der Waals surface area contributed by atoms with Gasteiger partial charge in [-0.25, -0.2) is 9.18 Å². The van der Waals surface area contributed by atoms with E-state index in [-0.39, 0.29) is 5.82 Å². The number of amides is 2. The zero-order chi connectivity index (χ0) is 18.4. The van der Waals surface area contributed by atoms with Gasteiger partial charge in [0, 0.05) is 25.0 Å². The molecule has 25 heavy (non-hydrogen) atoms. The van der Waals surface area contributed by atoms with Gasteiger partial charge in [0.1, 0.15) is 5.82 Å². The van der Waals surface area contributed by atoms with E-state index < -0.39 is 18.2 Å². The fraction of sp³-hybridized carbons (Fsp3) is 0.316. The number of nitrogens with one attached hydrogen (secondary N) is 2. The van der Waals surface area contributed by atoms with Crippen molar-refractivity contribution in [1.82, 2.24) is 5.32 Å². The van der Waals surface area contributed by atoms with E-state index in [0.29, 0.717) is 11.3 Å². The number of halogens is 1. The van der Waals surface area contributed by atoms with Gasteiger partial charge < -0.3 is 20.6 Å². The van der Waals surface area contributed by atoms with E-state index in [1.54, 1.807) is 13.0 Å². The molecule has 0 aliphatic heterocycles. The molecule has 0 aromatic heterocycles. The molecule has 2 aromatic rings. The maximum atomic E-state index is 13.0. The molecule has 2 aromatic carbocycles. The SMILES string of the molecule is CCN(C)c1cccc(NC(=O)NC(C)C(O)c2ccc(F)cc2)c1. The van der Waals surface area contributed by atoms with Crippen molar-refractivity contribution >= 4 is 17.4 Å². The number of rotatable bonds is 6. The Morgan fingerprint density at radius 3 is 2.56 bits per heavy atom. The molecule has 0 bridgehead atoms. The first-order chi connectivity index (χ1) is 11.9. The lowest BCUT2D eigenvalue weighted by Gasteiger charge is -2.21. The summed E-state index contributed by atoms with van der Waals surface area (Å²) in [4.78, 5) is 14.2. The molecule has 0 saturated heterocycles. The van der Waals surface area contributed by atoms with Crippen LogP contribution in [0.4, 0.5) is 20.6 Å². The van der Waals surface area contributed by atoms with E-state index in [0.717, 1.165) is 12.2 Å². The van der Waals surface area contributed by atoms with Crippen LogP contribution in [0.5, 0.6) is 0 Å². The van der Waals surface area contributed by atoms with Gasteiger partial charge in [0.05, 0.1) is 12.1 Å². The molecule has 2 atom stereocenters. The van der Waals surface area contributed by atoms with Gasteiger partial charge >= 0.3 is 6.03 Å². The van der Waals surface area contributed by atoms with E-state index in [1.807, 2.05) is 32.2 Å². The van der Waals surface area contributed by atoms with E-state index in [2.05, 4.69) is 15.5 Å². The summed E-state index contributed by atoms with van der Waals surface area (Å²) < 4.78 is 13.0. The second-order valence-electron chi connectivity index (χ2n) is 5.95. The minimum Gasteiger partial charge on any atom is -0.386 e. The van der Waals surface area contributed by atoms with Gasteiger partial charge in [-0.1, -0.05) is 18.2 Å². The highest BCUT2D eigenvalue weighted by molar-refractivity contribution is 5.90. The van der Waals surface area contributed by atoms with Gasteiger partial charge in [0.2, 0.25) is 0 Å². The number of urea groups is 1. The summed E-state index contributed by atoms with van der Waals surface area (Å²) >= 11 is 0. The standard InChI is InChI=1S/C19H24FN3O2/c1-4-23(3)17-7-5-6-16(12-17)22-19(25)21-13(2)18(24)14-8-10-15(20)11-9-14/h5-13,18,24H,4H2,1-3H3,(H2,21,22,25). The molecule has 0 spiro atoms. The zero-order valence-electron chi connectivity index (χ0n) is 14.7. The highest BCUT2D eigenvalue weighted by atomic mass is 19.1. The number of hydrogen-bond donors (Lipinski definition) is 3. The third-order valence-electron chi connectivity index (χ3n) is 4.06. The number of aliphatic hydroxyl groups excluding tert-OH is 1. The molecule has 134 valence electrons. The topological polar surface area (TPSA) is 64.6 Å². The Kier molecular flexibility index (Phi) is 6.36. The summed E-state index contributed by atoms with van der Waals surface area (Å²) in [5.41, 5.74) is 2.21. The van der Waals surface area contributed by atoms with Crippen LogP contribution in [-0.4, -0.2) is 30.8 Å². The van der Waals surface area contributed by atoms with Crippen molar-refractivity contribution < 1.29 is 14.3 Å². The van der Waals surface area contributed by atoms with Crippen LogP contribution < -0.4 is 15.5 Å². The first-order valence-corrected chi connectivity index (χ1v) is 8.23. The van der Waals surface area contributed by atoms with Gasteiger partial charge in [-0.05, 0) is 49.7 Å². The van der Waals surface area contributed by atoms with Gasteiger partial charge in [-0.2, -0.15) is 0 Å². The highest BCUT2D eigenvalue weighted by Gasteiger charge is 2.18. The number of carbonyl (C=O) groups is 1. The van der Waals surface area contributed by atoms with E-state index in [9.17, 15) is 14.3 Å². The summed E-state index contributed by atoms with van der Waals surface area (Å²) in [6.45, 7) is 4.59. The molecule has 6 heteroatoms. The maximum Gasteiger partial charge on any atom is 0.319 e. The Labute approximate surface area is 147 Å².